The monoisotopic (exact) mass is 278 g/mol. The minimum Gasteiger partial charge on any atom is -0.353 e. The van der Waals surface area contributed by atoms with E-state index >= 15 is 0 Å². The minimum absolute atomic E-state index is 0.307. The maximum atomic E-state index is 12.3. The molecule has 0 aromatic heterocycles. The molecule has 0 radical (unpaired) electrons. The Kier molecular flexibility index (Phi) is 4.34. The first-order valence-corrected chi connectivity index (χ1v) is 8.66. The lowest BCUT2D eigenvalue weighted by Gasteiger charge is -2.45. The Labute approximate surface area is 123 Å². The normalized spacial score (nSPS) is 44.3. The van der Waals surface area contributed by atoms with Crippen LogP contribution in [0.1, 0.15) is 64.7 Å². The summed E-state index contributed by atoms with van der Waals surface area (Å²) in [4.78, 5) is 12.3. The zero-order valence-electron chi connectivity index (χ0n) is 12.8. The number of hydrogen-bond acceptors (Lipinski definition) is 2. The Hall–Kier alpha value is -0.570. The van der Waals surface area contributed by atoms with Crippen molar-refractivity contribution in [1.82, 2.24) is 5.32 Å². The van der Waals surface area contributed by atoms with Gasteiger partial charge in [0.1, 0.15) is 0 Å². The molecule has 20 heavy (non-hydrogen) atoms. The Bertz CT molecular complexity index is 343. The van der Waals surface area contributed by atoms with E-state index in [-0.39, 0.29) is 0 Å². The van der Waals surface area contributed by atoms with Crippen LogP contribution in [0.5, 0.6) is 0 Å². The Morgan fingerprint density at radius 1 is 1.10 bits per heavy atom. The second kappa shape index (κ2) is 6.05. The van der Waals surface area contributed by atoms with Crippen LogP contribution in [0.25, 0.3) is 0 Å². The molecule has 1 amide bonds. The van der Waals surface area contributed by atoms with E-state index in [0.29, 0.717) is 35.7 Å². The van der Waals surface area contributed by atoms with Crippen LogP contribution in [-0.2, 0) is 4.79 Å². The van der Waals surface area contributed by atoms with Crippen molar-refractivity contribution in [3.05, 3.63) is 0 Å². The van der Waals surface area contributed by atoms with E-state index in [9.17, 15) is 4.79 Å². The van der Waals surface area contributed by atoms with Crippen molar-refractivity contribution in [1.29, 1.82) is 0 Å². The standard InChI is InChI=1S/C17H30N2O/c1-11-5-6-12(7-11)8-16(20)19-17-13-3-2-4-14(17)10-15(18)9-13/h11-15,17H,2-10,18H2,1H3,(H,19,20). The fourth-order valence-corrected chi connectivity index (χ4v) is 5.04. The lowest BCUT2D eigenvalue weighted by Crippen LogP contribution is -2.53. The Morgan fingerprint density at radius 2 is 1.80 bits per heavy atom. The van der Waals surface area contributed by atoms with E-state index in [4.69, 9.17) is 5.73 Å². The van der Waals surface area contributed by atoms with E-state index in [2.05, 4.69) is 12.2 Å². The lowest BCUT2D eigenvalue weighted by molar-refractivity contribution is -0.124. The van der Waals surface area contributed by atoms with E-state index in [0.717, 1.165) is 25.2 Å². The third kappa shape index (κ3) is 3.19. The molecule has 0 heterocycles. The van der Waals surface area contributed by atoms with Gasteiger partial charge in [0, 0.05) is 18.5 Å². The summed E-state index contributed by atoms with van der Waals surface area (Å²) in [5.74, 6) is 3.05. The quantitative estimate of drug-likeness (QED) is 0.834. The molecule has 0 aromatic carbocycles. The number of nitrogens with two attached hydrogens (primary N) is 1. The smallest absolute Gasteiger partial charge is 0.220 e. The van der Waals surface area contributed by atoms with Crippen molar-refractivity contribution in [3.63, 3.8) is 0 Å². The van der Waals surface area contributed by atoms with Gasteiger partial charge in [-0.05, 0) is 62.2 Å². The molecule has 0 saturated heterocycles. The van der Waals surface area contributed by atoms with E-state index < -0.39 is 0 Å². The zero-order valence-corrected chi connectivity index (χ0v) is 12.8. The van der Waals surface area contributed by atoms with Crippen molar-refractivity contribution in [2.45, 2.75) is 76.8 Å². The van der Waals surface area contributed by atoms with Crippen LogP contribution in [-0.4, -0.2) is 18.0 Å². The molecule has 2 bridgehead atoms. The van der Waals surface area contributed by atoms with Crippen LogP contribution < -0.4 is 11.1 Å². The number of hydrogen-bond donors (Lipinski definition) is 2. The van der Waals surface area contributed by atoms with Crippen LogP contribution in [0.3, 0.4) is 0 Å². The molecule has 3 saturated carbocycles. The summed E-state index contributed by atoms with van der Waals surface area (Å²) in [5.41, 5.74) is 6.15. The maximum absolute atomic E-state index is 12.3. The number of rotatable bonds is 3. The van der Waals surface area contributed by atoms with E-state index in [1.807, 2.05) is 0 Å². The van der Waals surface area contributed by atoms with Gasteiger partial charge in [-0.3, -0.25) is 4.79 Å². The van der Waals surface area contributed by atoms with Gasteiger partial charge < -0.3 is 11.1 Å². The highest BCUT2D eigenvalue weighted by Crippen LogP contribution is 2.40. The van der Waals surface area contributed by atoms with Gasteiger partial charge in [0.25, 0.3) is 0 Å². The van der Waals surface area contributed by atoms with E-state index in [1.165, 1.54) is 38.5 Å². The van der Waals surface area contributed by atoms with Crippen molar-refractivity contribution in [2.75, 3.05) is 0 Å². The topological polar surface area (TPSA) is 55.1 Å². The molecule has 3 N–H and O–H groups in total. The second-order valence-electron chi connectivity index (χ2n) is 7.76. The molecule has 0 spiro atoms. The maximum Gasteiger partial charge on any atom is 0.220 e. The average Bonchev–Trinajstić information content (AvgIpc) is 2.76. The van der Waals surface area contributed by atoms with Crippen LogP contribution >= 0.6 is 0 Å². The number of amides is 1. The number of carbonyl (C=O) groups excluding carboxylic acids is 1. The highest BCUT2D eigenvalue weighted by Gasteiger charge is 2.40. The van der Waals surface area contributed by atoms with Crippen molar-refractivity contribution >= 4 is 5.91 Å². The summed E-state index contributed by atoms with van der Waals surface area (Å²) in [6.07, 6.45) is 10.6. The summed E-state index contributed by atoms with van der Waals surface area (Å²) >= 11 is 0. The van der Waals surface area contributed by atoms with E-state index in [1.54, 1.807) is 0 Å². The molecular weight excluding hydrogens is 248 g/mol. The zero-order chi connectivity index (χ0) is 14.1. The van der Waals surface area contributed by atoms with Crippen molar-refractivity contribution in [3.8, 4) is 0 Å². The molecule has 114 valence electrons. The SMILES string of the molecule is CC1CCC(CC(=O)NC2C3CCCC2CC(N)C3)C1. The summed E-state index contributed by atoms with van der Waals surface area (Å²) in [7, 11) is 0. The van der Waals surface area contributed by atoms with Gasteiger partial charge >= 0.3 is 0 Å². The third-order valence-corrected chi connectivity index (χ3v) is 5.98. The molecule has 0 aromatic rings. The average molecular weight is 278 g/mol. The van der Waals surface area contributed by atoms with Gasteiger partial charge in [-0.25, -0.2) is 0 Å². The first-order valence-electron chi connectivity index (χ1n) is 8.66. The third-order valence-electron chi connectivity index (χ3n) is 5.98. The first-order chi connectivity index (χ1) is 9.61. The summed E-state index contributed by atoms with van der Waals surface area (Å²) in [5, 5.41) is 3.39. The molecule has 4 unspecified atom stereocenters. The minimum atomic E-state index is 0.307. The number of nitrogens with one attached hydrogen (secondary N) is 1. The Morgan fingerprint density at radius 3 is 2.40 bits per heavy atom. The van der Waals surface area contributed by atoms with Crippen molar-refractivity contribution in [2.24, 2.45) is 29.4 Å². The van der Waals surface area contributed by atoms with Gasteiger partial charge in [-0.2, -0.15) is 0 Å². The summed E-state index contributed by atoms with van der Waals surface area (Å²) in [6.45, 7) is 2.31. The molecule has 3 nitrogen and oxygen atoms in total. The highest BCUT2D eigenvalue weighted by atomic mass is 16.1. The number of carbonyl (C=O) groups is 1. The van der Waals surface area contributed by atoms with Gasteiger partial charge in [0.15, 0.2) is 0 Å². The molecule has 4 atom stereocenters. The number of fused-ring (bicyclic) bond motifs is 2. The predicted octanol–water partition coefficient (Wildman–Crippen LogP) is 2.83. The highest BCUT2D eigenvalue weighted by molar-refractivity contribution is 5.76. The largest absolute Gasteiger partial charge is 0.353 e. The molecule has 3 aliphatic carbocycles. The lowest BCUT2D eigenvalue weighted by atomic mass is 9.67. The van der Waals surface area contributed by atoms with Gasteiger partial charge in [-0.15, -0.1) is 0 Å². The Balaban J connectivity index is 1.53. The van der Waals surface area contributed by atoms with Crippen molar-refractivity contribution < 1.29 is 4.79 Å². The molecular formula is C17H30N2O. The summed E-state index contributed by atoms with van der Waals surface area (Å²) in [6, 6.07) is 0.795. The molecule has 3 rings (SSSR count). The summed E-state index contributed by atoms with van der Waals surface area (Å²) < 4.78 is 0. The predicted molar refractivity (Wildman–Crippen MR) is 81.1 cm³/mol. The van der Waals surface area contributed by atoms with Gasteiger partial charge in [0.05, 0.1) is 0 Å². The van der Waals surface area contributed by atoms with Gasteiger partial charge in [-0.1, -0.05) is 19.8 Å². The van der Waals surface area contributed by atoms with Crippen LogP contribution in [0.2, 0.25) is 0 Å². The van der Waals surface area contributed by atoms with Crippen LogP contribution in [0, 0.1) is 23.7 Å². The van der Waals surface area contributed by atoms with Crippen LogP contribution in [0.4, 0.5) is 0 Å². The molecule has 3 fully saturated rings. The fraction of sp³-hybridized carbons (Fsp3) is 0.941. The van der Waals surface area contributed by atoms with Gasteiger partial charge in [0.2, 0.25) is 5.91 Å². The molecule has 3 heteroatoms. The second-order valence-corrected chi connectivity index (χ2v) is 7.76. The molecule has 3 aliphatic rings. The molecule has 0 aliphatic heterocycles. The first kappa shape index (κ1) is 14.4. The van der Waals surface area contributed by atoms with Crippen LogP contribution in [0.15, 0.2) is 0 Å². The fourth-order valence-electron chi connectivity index (χ4n) is 5.04.